The van der Waals surface area contributed by atoms with Crippen molar-refractivity contribution >= 4 is 22.9 Å². The van der Waals surface area contributed by atoms with Crippen LogP contribution in [-0.4, -0.2) is 51.6 Å². The zero-order valence-electron chi connectivity index (χ0n) is 15.9. The highest BCUT2D eigenvalue weighted by molar-refractivity contribution is 5.77. The normalized spacial score (nSPS) is 17.0. The molecular formula is C20H24N6O2. The van der Waals surface area contributed by atoms with Crippen molar-refractivity contribution in [2.75, 3.05) is 24.6 Å². The molecule has 3 aromatic rings. The van der Waals surface area contributed by atoms with Crippen LogP contribution in [0.25, 0.3) is 11.0 Å². The predicted octanol–water partition coefficient (Wildman–Crippen LogP) is 1.96. The van der Waals surface area contributed by atoms with Gasteiger partial charge in [0.15, 0.2) is 0 Å². The average Bonchev–Trinajstić information content (AvgIpc) is 3.10. The summed E-state index contributed by atoms with van der Waals surface area (Å²) in [5.41, 5.74) is 3.05. The Balaban J connectivity index is 1.24. The van der Waals surface area contributed by atoms with Crippen LogP contribution in [0.2, 0.25) is 0 Å². The lowest BCUT2D eigenvalue weighted by Gasteiger charge is -2.33. The quantitative estimate of drug-likeness (QED) is 0.679. The third-order valence-corrected chi connectivity index (χ3v) is 4.78. The number of aryl methyl sites for hydroxylation is 1. The maximum atomic E-state index is 12.2. The zero-order chi connectivity index (χ0) is 19.3. The number of hydrogen-bond donors (Lipinski definition) is 2. The summed E-state index contributed by atoms with van der Waals surface area (Å²) in [6.45, 7) is 3.93. The van der Waals surface area contributed by atoms with Crippen molar-refractivity contribution in [3.63, 3.8) is 0 Å². The first-order valence-corrected chi connectivity index (χ1v) is 9.52. The summed E-state index contributed by atoms with van der Waals surface area (Å²) in [6, 6.07) is 7.91. The van der Waals surface area contributed by atoms with Crippen LogP contribution in [0.4, 0.5) is 5.95 Å². The lowest BCUT2D eigenvalue weighted by molar-refractivity contribution is -0.126. The Morgan fingerprint density at radius 1 is 1.36 bits per heavy atom. The molecule has 1 fully saturated rings. The van der Waals surface area contributed by atoms with Gasteiger partial charge in [-0.05, 0) is 43.5 Å². The van der Waals surface area contributed by atoms with Crippen molar-refractivity contribution in [1.82, 2.24) is 25.3 Å². The van der Waals surface area contributed by atoms with Crippen molar-refractivity contribution in [2.24, 2.45) is 0 Å². The summed E-state index contributed by atoms with van der Waals surface area (Å²) in [5, 5.41) is 3.05. The number of imidazole rings is 1. The molecule has 0 spiro atoms. The van der Waals surface area contributed by atoms with Gasteiger partial charge >= 0.3 is 0 Å². The van der Waals surface area contributed by atoms with Crippen molar-refractivity contribution in [1.29, 1.82) is 0 Å². The highest BCUT2D eigenvalue weighted by Crippen LogP contribution is 2.16. The number of ether oxygens (including phenoxy) is 1. The van der Waals surface area contributed by atoms with Gasteiger partial charge in [0, 0.05) is 31.5 Å². The largest absolute Gasteiger partial charge is 0.364 e. The monoisotopic (exact) mass is 380 g/mol. The molecule has 1 aliphatic rings. The van der Waals surface area contributed by atoms with Gasteiger partial charge in [0.1, 0.15) is 19.0 Å². The third kappa shape index (κ3) is 4.45. The highest BCUT2D eigenvalue weighted by atomic mass is 16.5. The summed E-state index contributed by atoms with van der Waals surface area (Å²) in [4.78, 5) is 30.6. The van der Waals surface area contributed by atoms with Crippen LogP contribution >= 0.6 is 0 Å². The van der Waals surface area contributed by atoms with Gasteiger partial charge in [0.25, 0.3) is 0 Å². The van der Waals surface area contributed by atoms with Crippen LogP contribution in [0.15, 0.2) is 36.7 Å². The Morgan fingerprint density at radius 3 is 3.07 bits per heavy atom. The number of amides is 1. The Hall–Kier alpha value is -3.00. The molecule has 8 nitrogen and oxygen atoms in total. The van der Waals surface area contributed by atoms with E-state index in [0.717, 1.165) is 36.2 Å². The van der Waals surface area contributed by atoms with E-state index in [9.17, 15) is 4.79 Å². The number of benzene rings is 1. The first kappa shape index (κ1) is 18.4. The fourth-order valence-corrected chi connectivity index (χ4v) is 3.49. The molecule has 2 aromatic heterocycles. The number of carbonyl (C=O) groups excluding carboxylic acids is 1. The predicted molar refractivity (Wildman–Crippen MR) is 106 cm³/mol. The van der Waals surface area contributed by atoms with Gasteiger partial charge in [-0.1, -0.05) is 6.07 Å². The van der Waals surface area contributed by atoms with Crippen LogP contribution in [-0.2, 0) is 16.1 Å². The van der Waals surface area contributed by atoms with E-state index >= 15 is 0 Å². The Labute approximate surface area is 163 Å². The maximum absolute atomic E-state index is 12.2. The van der Waals surface area contributed by atoms with E-state index in [1.54, 1.807) is 18.5 Å². The topological polar surface area (TPSA) is 96.0 Å². The number of aromatic amines is 1. The van der Waals surface area contributed by atoms with Crippen molar-refractivity contribution in [3.05, 3.63) is 48.0 Å². The van der Waals surface area contributed by atoms with E-state index in [2.05, 4.69) is 30.2 Å². The van der Waals surface area contributed by atoms with Crippen LogP contribution < -0.4 is 10.2 Å². The number of piperidine rings is 1. The number of aromatic nitrogens is 4. The van der Waals surface area contributed by atoms with Crippen LogP contribution in [0.3, 0.4) is 0 Å². The van der Waals surface area contributed by atoms with E-state index in [4.69, 9.17) is 4.74 Å². The maximum Gasteiger partial charge on any atom is 0.246 e. The van der Waals surface area contributed by atoms with E-state index in [1.165, 1.54) is 5.56 Å². The molecule has 1 aromatic carbocycles. The molecule has 1 atom stereocenters. The van der Waals surface area contributed by atoms with Crippen molar-refractivity contribution < 1.29 is 9.53 Å². The molecule has 0 saturated carbocycles. The molecular weight excluding hydrogens is 356 g/mol. The standard InChI is InChI=1S/C20H24N6O2/c1-14-5-6-16-17(10-14)25-18(24-16)12-28-13-19(27)23-15-4-2-9-26(11-15)20-21-7-3-8-22-20/h3,5-8,10,15H,2,4,9,11-13H2,1H3,(H,23,27)(H,24,25)/t15-/m0/s1. The average molecular weight is 380 g/mol. The Bertz CT molecular complexity index is 942. The second-order valence-electron chi connectivity index (χ2n) is 7.10. The van der Waals surface area contributed by atoms with Gasteiger partial charge in [0.2, 0.25) is 11.9 Å². The molecule has 2 N–H and O–H groups in total. The van der Waals surface area contributed by atoms with Gasteiger partial charge in [0.05, 0.1) is 11.0 Å². The fourth-order valence-electron chi connectivity index (χ4n) is 3.49. The zero-order valence-corrected chi connectivity index (χ0v) is 15.9. The minimum atomic E-state index is -0.118. The summed E-state index contributed by atoms with van der Waals surface area (Å²) in [6.07, 6.45) is 5.40. The van der Waals surface area contributed by atoms with Crippen molar-refractivity contribution in [3.8, 4) is 0 Å². The summed E-state index contributed by atoms with van der Waals surface area (Å²) in [7, 11) is 0. The van der Waals surface area contributed by atoms with Gasteiger partial charge in [-0.15, -0.1) is 0 Å². The molecule has 4 rings (SSSR count). The van der Waals surface area contributed by atoms with Crippen LogP contribution in [0.1, 0.15) is 24.2 Å². The second-order valence-corrected chi connectivity index (χ2v) is 7.10. The number of nitrogens with one attached hydrogen (secondary N) is 2. The van der Waals surface area contributed by atoms with E-state index in [0.29, 0.717) is 12.5 Å². The van der Waals surface area contributed by atoms with Crippen LogP contribution in [0.5, 0.6) is 0 Å². The minimum absolute atomic E-state index is 0.00834. The Kier molecular flexibility index (Phi) is 5.48. The molecule has 0 unspecified atom stereocenters. The SMILES string of the molecule is Cc1ccc2nc(COCC(=O)N[C@H]3CCCN(c4ncccn4)C3)[nH]c2c1. The van der Waals surface area contributed by atoms with Crippen molar-refractivity contribution in [2.45, 2.75) is 32.4 Å². The second kappa shape index (κ2) is 8.35. The third-order valence-electron chi connectivity index (χ3n) is 4.78. The van der Waals surface area contributed by atoms with E-state index < -0.39 is 0 Å². The molecule has 146 valence electrons. The number of hydrogen-bond acceptors (Lipinski definition) is 6. The molecule has 3 heterocycles. The summed E-state index contributed by atoms with van der Waals surface area (Å²) < 4.78 is 5.55. The molecule has 28 heavy (non-hydrogen) atoms. The highest BCUT2D eigenvalue weighted by Gasteiger charge is 2.22. The summed E-state index contributed by atoms with van der Waals surface area (Å²) in [5.74, 6) is 1.31. The number of rotatable bonds is 6. The molecule has 1 amide bonds. The lowest BCUT2D eigenvalue weighted by atomic mass is 10.1. The van der Waals surface area contributed by atoms with Gasteiger partial charge in [-0.2, -0.15) is 0 Å². The van der Waals surface area contributed by atoms with Crippen LogP contribution in [0, 0.1) is 6.92 Å². The van der Waals surface area contributed by atoms with E-state index in [-0.39, 0.29) is 25.2 Å². The number of carbonyl (C=O) groups is 1. The van der Waals surface area contributed by atoms with E-state index in [1.807, 2.05) is 25.1 Å². The number of anilines is 1. The van der Waals surface area contributed by atoms with Gasteiger partial charge < -0.3 is 19.9 Å². The smallest absolute Gasteiger partial charge is 0.246 e. The van der Waals surface area contributed by atoms with Gasteiger partial charge in [-0.25, -0.2) is 15.0 Å². The molecule has 1 aliphatic heterocycles. The summed E-state index contributed by atoms with van der Waals surface area (Å²) >= 11 is 0. The molecule has 0 radical (unpaired) electrons. The lowest BCUT2D eigenvalue weighted by Crippen LogP contribution is -2.49. The fraction of sp³-hybridized carbons (Fsp3) is 0.400. The molecule has 0 bridgehead atoms. The minimum Gasteiger partial charge on any atom is -0.364 e. The first-order chi connectivity index (χ1) is 13.7. The first-order valence-electron chi connectivity index (χ1n) is 9.52. The molecule has 0 aliphatic carbocycles. The van der Waals surface area contributed by atoms with Gasteiger partial charge in [-0.3, -0.25) is 4.79 Å². The number of nitrogens with zero attached hydrogens (tertiary/aromatic N) is 4. The molecule has 1 saturated heterocycles. The number of H-pyrrole nitrogens is 1. The Morgan fingerprint density at radius 2 is 2.21 bits per heavy atom. The number of fused-ring (bicyclic) bond motifs is 1. The molecule has 8 heteroatoms.